The topological polar surface area (TPSA) is 76.6 Å². The molecule has 0 unspecified atom stereocenters. The standard InChI is InChI=1S/C19H24N4O3/c1-13-6-7-20-19(21-13)23-8-4-5-14(12-23)18(24)22-15-9-16(25-2)11-17(10-15)26-3/h6-7,9-11,14H,4-5,8,12H2,1-3H3,(H,22,24)/t14-/m1/s1. The summed E-state index contributed by atoms with van der Waals surface area (Å²) in [4.78, 5) is 23.6. The number of anilines is 2. The molecular weight excluding hydrogens is 332 g/mol. The number of methoxy groups -OCH3 is 2. The van der Waals surface area contributed by atoms with Gasteiger partial charge in [-0.2, -0.15) is 0 Å². The molecule has 1 N–H and O–H groups in total. The third kappa shape index (κ3) is 4.22. The molecule has 0 aliphatic carbocycles. The monoisotopic (exact) mass is 356 g/mol. The van der Waals surface area contributed by atoms with Crippen molar-refractivity contribution in [3.63, 3.8) is 0 Å². The lowest BCUT2D eigenvalue weighted by Gasteiger charge is -2.32. The van der Waals surface area contributed by atoms with Crippen molar-refractivity contribution in [1.82, 2.24) is 9.97 Å². The van der Waals surface area contributed by atoms with Crippen LogP contribution in [0.4, 0.5) is 11.6 Å². The zero-order valence-electron chi connectivity index (χ0n) is 15.4. The van der Waals surface area contributed by atoms with Crippen molar-refractivity contribution in [2.75, 3.05) is 37.5 Å². The fraction of sp³-hybridized carbons (Fsp3) is 0.421. The van der Waals surface area contributed by atoms with Crippen LogP contribution in [0.1, 0.15) is 18.5 Å². The van der Waals surface area contributed by atoms with Crippen molar-refractivity contribution >= 4 is 17.5 Å². The number of nitrogens with zero attached hydrogens (tertiary/aromatic N) is 3. The van der Waals surface area contributed by atoms with E-state index in [1.807, 2.05) is 13.0 Å². The number of hydrogen-bond acceptors (Lipinski definition) is 6. The van der Waals surface area contributed by atoms with E-state index in [1.165, 1.54) is 0 Å². The predicted octanol–water partition coefficient (Wildman–Crippen LogP) is 2.66. The first-order valence-corrected chi connectivity index (χ1v) is 8.67. The molecule has 0 bridgehead atoms. The normalized spacial score (nSPS) is 16.9. The molecule has 0 spiro atoms. The van der Waals surface area contributed by atoms with Crippen molar-refractivity contribution in [2.24, 2.45) is 5.92 Å². The molecule has 1 aliphatic heterocycles. The number of rotatable bonds is 5. The number of piperidine rings is 1. The maximum absolute atomic E-state index is 12.8. The SMILES string of the molecule is COc1cc(NC(=O)[C@@H]2CCCN(c3nccc(C)n3)C2)cc(OC)c1. The number of carbonyl (C=O) groups excluding carboxylic acids is 1. The number of aromatic nitrogens is 2. The molecular formula is C19H24N4O3. The molecule has 2 heterocycles. The van der Waals surface area contributed by atoms with E-state index in [2.05, 4.69) is 20.2 Å². The molecule has 1 amide bonds. The molecule has 7 nitrogen and oxygen atoms in total. The van der Waals surface area contributed by atoms with E-state index in [4.69, 9.17) is 9.47 Å². The first kappa shape index (κ1) is 18.0. The Bertz CT molecular complexity index is 759. The minimum absolute atomic E-state index is 0.0161. The molecule has 26 heavy (non-hydrogen) atoms. The van der Waals surface area contributed by atoms with Crippen LogP contribution in [0.25, 0.3) is 0 Å². The Balaban J connectivity index is 1.70. The number of benzene rings is 1. The minimum Gasteiger partial charge on any atom is -0.497 e. The largest absolute Gasteiger partial charge is 0.497 e. The summed E-state index contributed by atoms with van der Waals surface area (Å²) in [5, 5.41) is 2.98. The van der Waals surface area contributed by atoms with Crippen molar-refractivity contribution in [3.05, 3.63) is 36.2 Å². The van der Waals surface area contributed by atoms with Gasteiger partial charge in [0.05, 0.1) is 20.1 Å². The summed E-state index contributed by atoms with van der Waals surface area (Å²) in [5.41, 5.74) is 1.58. The van der Waals surface area contributed by atoms with E-state index < -0.39 is 0 Å². The van der Waals surface area contributed by atoms with Crippen LogP contribution in [-0.2, 0) is 4.79 Å². The minimum atomic E-state index is -0.120. The first-order valence-electron chi connectivity index (χ1n) is 8.67. The second-order valence-corrected chi connectivity index (χ2v) is 6.37. The van der Waals surface area contributed by atoms with Crippen molar-refractivity contribution < 1.29 is 14.3 Å². The number of nitrogens with one attached hydrogen (secondary N) is 1. The Morgan fingerprint density at radius 2 is 1.96 bits per heavy atom. The molecule has 1 saturated heterocycles. The van der Waals surface area contributed by atoms with Gasteiger partial charge in [-0.25, -0.2) is 9.97 Å². The van der Waals surface area contributed by atoms with Gasteiger partial charge in [0.15, 0.2) is 0 Å². The Morgan fingerprint density at radius 3 is 2.62 bits per heavy atom. The molecule has 7 heteroatoms. The Morgan fingerprint density at radius 1 is 1.23 bits per heavy atom. The summed E-state index contributed by atoms with van der Waals surface area (Å²) >= 11 is 0. The summed E-state index contributed by atoms with van der Waals surface area (Å²) in [6.45, 7) is 3.41. The first-order chi connectivity index (χ1) is 12.6. The van der Waals surface area contributed by atoms with E-state index >= 15 is 0 Å². The van der Waals surface area contributed by atoms with Crippen LogP contribution in [0, 0.1) is 12.8 Å². The van der Waals surface area contributed by atoms with Gasteiger partial charge in [0.1, 0.15) is 11.5 Å². The zero-order valence-corrected chi connectivity index (χ0v) is 15.4. The Kier molecular flexibility index (Phi) is 5.55. The molecule has 138 valence electrons. The van der Waals surface area contributed by atoms with E-state index in [-0.39, 0.29) is 11.8 Å². The lowest BCUT2D eigenvalue weighted by molar-refractivity contribution is -0.120. The van der Waals surface area contributed by atoms with Crippen LogP contribution < -0.4 is 19.7 Å². The van der Waals surface area contributed by atoms with Gasteiger partial charge >= 0.3 is 0 Å². The number of aryl methyl sites for hydroxylation is 1. The van der Waals surface area contributed by atoms with E-state index in [0.717, 1.165) is 25.1 Å². The van der Waals surface area contributed by atoms with Gasteiger partial charge in [-0.3, -0.25) is 4.79 Å². The fourth-order valence-electron chi connectivity index (χ4n) is 3.08. The summed E-state index contributed by atoms with van der Waals surface area (Å²) in [5.74, 6) is 1.82. The van der Waals surface area contributed by atoms with E-state index in [0.29, 0.717) is 29.7 Å². The number of ether oxygens (including phenoxy) is 2. The average Bonchev–Trinajstić information content (AvgIpc) is 2.67. The molecule has 1 atom stereocenters. The maximum Gasteiger partial charge on any atom is 0.229 e. The van der Waals surface area contributed by atoms with Gasteiger partial charge in [0, 0.05) is 48.9 Å². The van der Waals surface area contributed by atoms with Crippen molar-refractivity contribution in [2.45, 2.75) is 19.8 Å². The molecule has 1 aliphatic rings. The molecule has 3 rings (SSSR count). The third-order valence-electron chi connectivity index (χ3n) is 4.48. The summed E-state index contributed by atoms with van der Waals surface area (Å²) in [6, 6.07) is 7.20. The molecule has 1 aromatic heterocycles. The molecule has 0 radical (unpaired) electrons. The molecule has 0 saturated carbocycles. The van der Waals surface area contributed by atoms with Gasteiger partial charge in [0.2, 0.25) is 11.9 Å². The quantitative estimate of drug-likeness (QED) is 0.888. The highest BCUT2D eigenvalue weighted by molar-refractivity contribution is 5.93. The third-order valence-corrected chi connectivity index (χ3v) is 4.48. The molecule has 1 fully saturated rings. The number of amides is 1. The van der Waals surface area contributed by atoms with E-state index in [9.17, 15) is 4.79 Å². The molecule has 1 aromatic carbocycles. The smallest absolute Gasteiger partial charge is 0.229 e. The van der Waals surface area contributed by atoms with Crippen LogP contribution in [0.2, 0.25) is 0 Å². The summed E-state index contributed by atoms with van der Waals surface area (Å²) in [7, 11) is 3.17. The van der Waals surface area contributed by atoms with Crippen LogP contribution >= 0.6 is 0 Å². The predicted molar refractivity (Wildman–Crippen MR) is 99.9 cm³/mol. The summed E-state index contributed by atoms with van der Waals surface area (Å²) < 4.78 is 10.5. The van der Waals surface area contributed by atoms with Gasteiger partial charge in [-0.1, -0.05) is 0 Å². The second kappa shape index (κ2) is 8.03. The van der Waals surface area contributed by atoms with Crippen LogP contribution in [0.15, 0.2) is 30.5 Å². The van der Waals surface area contributed by atoms with Crippen molar-refractivity contribution in [1.29, 1.82) is 0 Å². The lowest BCUT2D eigenvalue weighted by Crippen LogP contribution is -2.41. The number of hydrogen-bond donors (Lipinski definition) is 1. The fourth-order valence-corrected chi connectivity index (χ4v) is 3.08. The average molecular weight is 356 g/mol. The van der Waals surface area contributed by atoms with Crippen LogP contribution in [0.5, 0.6) is 11.5 Å². The Hall–Kier alpha value is -2.83. The van der Waals surface area contributed by atoms with Crippen molar-refractivity contribution in [3.8, 4) is 11.5 Å². The zero-order chi connectivity index (χ0) is 18.5. The highest BCUT2D eigenvalue weighted by Crippen LogP contribution is 2.27. The van der Waals surface area contributed by atoms with Gasteiger partial charge in [-0.05, 0) is 25.8 Å². The van der Waals surface area contributed by atoms with Crippen LogP contribution in [-0.4, -0.2) is 43.2 Å². The summed E-state index contributed by atoms with van der Waals surface area (Å²) in [6.07, 6.45) is 3.52. The van der Waals surface area contributed by atoms with Gasteiger partial charge in [0.25, 0.3) is 0 Å². The molecule has 2 aromatic rings. The number of carbonyl (C=O) groups is 1. The van der Waals surface area contributed by atoms with Gasteiger partial charge < -0.3 is 19.7 Å². The maximum atomic E-state index is 12.8. The lowest BCUT2D eigenvalue weighted by atomic mass is 9.97. The highest BCUT2D eigenvalue weighted by atomic mass is 16.5. The highest BCUT2D eigenvalue weighted by Gasteiger charge is 2.27. The van der Waals surface area contributed by atoms with E-state index in [1.54, 1.807) is 38.6 Å². The van der Waals surface area contributed by atoms with Gasteiger partial charge in [-0.15, -0.1) is 0 Å². The van der Waals surface area contributed by atoms with Crippen LogP contribution in [0.3, 0.4) is 0 Å². The second-order valence-electron chi connectivity index (χ2n) is 6.37. The Labute approximate surface area is 153 Å².